The van der Waals surface area contributed by atoms with Gasteiger partial charge in [-0.2, -0.15) is 0 Å². The van der Waals surface area contributed by atoms with Crippen LogP contribution >= 0.6 is 0 Å². The molecule has 1 aromatic carbocycles. The van der Waals surface area contributed by atoms with E-state index in [-0.39, 0.29) is 30.2 Å². The minimum atomic E-state index is -0.746. The Morgan fingerprint density at radius 2 is 1.64 bits per heavy atom. The monoisotopic (exact) mass is 546 g/mol. The SMILES string of the molecule is CC(CCNC(=O)C(NC(=O)OC(C)(C)C)C(C)(C)C)CCOC1CC(=O)N1C(=O)NC(C)c1ccccc1. The van der Waals surface area contributed by atoms with Crippen LogP contribution in [0.5, 0.6) is 0 Å². The number of ether oxygens (including phenoxy) is 2. The number of β-lactam (4-membered cyclic amide) rings is 1. The van der Waals surface area contributed by atoms with E-state index in [1.807, 2.05) is 65.0 Å². The summed E-state index contributed by atoms with van der Waals surface area (Å²) in [6.45, 7) is 15.7. The van der Waals surface area contributed by atoms with Gasteiger partial charge in [-0.15, -0.1) is 0 Å². The molecule has 0 aromatic heterocycles. The van der Waals surface area contributed by atoms with Crippen LogP contribution in [0.4, 0.5) is 9.59 Å². The summed E-state index contributed by atoms with van der Waals surface area (Å²) in [5.41, 5.74) is -0.210. The minimum absolute atomic E-state index is 0.177. The maximum Gasteiger partial charge on any atom is 0.408 e. The van der Waals surface area contributed by atoms with E-state index < -0.39 is 35.4 Å². The number of amides is 5. The molecule has 10 nitrogen and oxygen atoms in total. The molecular formula is C29H46N4O6. The molecule has 1 aliphatic heterocycles. The second-order valence-corrected chi connectivity index (χ2v) is 12.3. The number of imide groups is 1. The predicted octanol–water partition coefficient (Wildman–Crippen LogP) is 4.50. The fraction of sp³-hybridized carbons (Fsp3) is 0.655. The smallest absolute Gasteiger partial charge is 0.408 e. The fourth-order valence-corrected chi connectivity index (χ4v) is 4.04. The summed E-state index contributed by atoms with van der Waals surface area (Å²) < 4.78 is 11.1. The molecule has 1 saturated heterocycles. The van der Waals surface area contributed by atoms with Gasteiger partial charge in [0.1, 0.15) is 17.9 Å². The van der Waals surface area contributed by atoms with Crippen molar-refractivity contribution in [2.45, 2.75) is 98.6 Å². The van der Waals surface area contributed by atoms with Crippen molar-refractivity contribution in [2.24, 2.45) is 11.3 Å². The zero-order valence-corrected chi connectivity index (χ0v) is 24.6. The van der Waals surface area contributed by atoms with E-state index >= 15 is 0 Å². The van der Waals surface area contributed by atoms with Crippen LogP contribution < -0.4 is 16.0 Å². The molecule has 1 aromatic rings. The van der Waals surface area contributed by atoms with E-state index in [1.54, 1.807) is 20.8 Å². The molecule has 218 valence electrons. The Balaban J connectivity index is 1.73. The van der Waals surface area contributed by atoms with Gasteiger partial charge in [-0.25, -0.2) is 14.5 Å². The molecule has 3 N–H and O–H groups in total. The van der Waals surface area contributed by atoms with Crippen molar-refractivity contribution in [1.82, 2.24) is 20.9 Å². The van der Waals surface area contributed by atoms with Crippen LogP contribution in [0.3, 0.4) is 0 Å². The Morgan fingerprint density at radius 3 is 2.21 bits per heavy atom. The van der Waals surface area contributed by atoms with Gasteiger partial charge in [0.25, 0.3) is 0 Å². The van der Waals surface area contributed by atoms with Crippen LogP contribution in [-0.2, 0) is 19.1 Å². The molecule has 1 heterocycles. The Hall–Kier alpha value is -3.14. The Kier molecular flexibility index (Phi) is 11.3. The second-order valence-electron chi connectivity index (χ2n) is 12.3. The second kappa shape index (κ2) is 13.8. The normalized spacial score (nSPS) is 17.9. The number of nitrogens with zero attached hydrogens (tertiary/aromatic N) is 1. The zero-order chi connectivity index (χ0) is 29.4. The Bertz CT molecular complexity index is 986. The molecule has 5 amide bonds. The maximum atomic E-state index is 12.8. The topological polar surface area (TPSA) is 126 Å². The Labute approximate surface area is 232 Å². The summed E-state index contributed by atoms with van der Waals surface area (Å²) >= 11 is 0. The largest absolute Gasteiger partial charge is 0.444 e. The van der Waals surface area contributed by atoms with Crippen LogP contribution in [0, 0.1) is 11.3 Å². The van der Waals surface area contributed by atoms with Gasteiger partial charge in [-0.05, 0) is 57.4 Å². The van der Waals surface area contributed by atoms with Gasteiger partial charge in [-0.3, -0.25) is 9.59 Å². The van der Waals surface area contributed by atoms with E-state index in [9.17, 15) is 19.2 Å². The van der Waals surface area contributed by atoms with Crippen molar-refractivity contribution in [2.75, 3.05) is 13.2 Å². The molecule has 1 fully saturated rings. The first-order valence-corrected chi connectivity index (χ1v) is 13.6. The van der Waals surface area contributed by atoms with Gasteiger partial charge >= 0.3 is 12.1 Å². The van der Waals surface area contributed by atoms with Crippen LogP contribution in [0.1, 0.15) is 86.3 Å². The predicted molar refractivity (Wildman–Crippen MR) is 149 cm³/mol. The first-order valence-electron chi connectivity index (χ1n) is 13.6. The van der Waals surface area contributed by atoms with Gasteiger partial charge in [0, 0.05) is 13.2 Å². The van der Waals surface area contributed by atoms with Gasteiger partial charge in [0.05, 0.1) is 12.5 Å². The molecule has 1 aliphatic rings. The lowest BCUT2D eigenvalue weighted by Crippen LogP contribution is -2.60. The first kappa shape index (κ1) is 32.1. The number of carbonyl (C=O) groups is 4. The van der Waals surface area contributed by atoms with Crippen molar-refractivity contribution in [3.8, 4) is 0 Å². The molecule has 2 rings (SSSR count). The van der Waals surface area contributed by atoms with Gasteiger partial charge in [0.2, 0.25) is 11.8 Å². The number of likely N-dealkylation sites (tertiary alicyclic amines) is 1. The number of benzene rings is 1. The van der Waals surface area contributed by atoms with E-state index in [1.165, 1.54) is 0 Å². The summed E-state index contributed by atoms with van der Waals surface area (Å²) in [5, 5.41) is 8.45. The molecule has 39 heavy (non-hydrogen) atoms. The van der Waals surface area contributed by atoms with Crippen molar-refractivity contribution in [3.05, 3.63) is 35.9 Å². The lowest BCUT2D eigenvalue weighted by atomic mass is 9.86. The number of nitrogens with one attached hydrogen (secondary N) is 3. The standard InChI is InChI=1S/C29H46N4O6/c1-19(14-16-30-25(35)24(28(3,4)5)32-27(37)39-29(6,7)8)15-17-38-23-18-22(34)33(23)26(36)31-20(2)21-12-10-9-11-13-21/h9-13,19-20,23-24H,14-18H2,1-8H3,(H,30,35)(H,31,36)(H,32,37). The first-order chi connectivity index (χ1) is 18.1. The van der Waals surface area contributed by atoms with E-state index in [4.69, 9.17) is 9.47 Å². The number of hydrogen-bond acceptors (Lipinski definition) is 6. The van der Waals surface area contributed by atoms with E-state index in [2.05, 4.69) is 16.0 Å². The number of alkyl carbamates (subject to hydrolysis) is 1. The third-order valence-corrected chi connectivity index (χ3v) is 6.41. The molecule has 0 spiro atoms. The van der Waals surface area contributed by atoms with Crippen molar-refractivity contribution < 1.29 is 28.7 Å². The van der Waals surface area contributed by atoms with Gasteiger partial charge in [0.15, 0.2) is 0 Å². The highest BCUT2D eigenvalue weighted by Gasteiger charge is 2.42. The number of rotatable bonds is 11. The molecule has 0 radical (unpaired) electrons. The molecular weight excluding hydrogens is 500 g/mol. The highest BCUT2D eigenvalue weighted by atomic mass is 16.6. The maximum absolute atomic E-state index is 12.8. The number of urea groups is 1. The fourth-order valence-electron chi connectivity index (χ4n) is 4.04. The lowest BCUT2D eigenvalue weighted by molar-refractivity contribution is -0.164. The van der Waals surface area contributed by atoms with Crippen LogP contribution in [0.25, 0.3) is 0 Å². The average molecular weight is 547 g/mol. The molecule has 4 atom stereocenters. The average Bonchev–Trinajstić information content (AvgIpc) is 2.80. The van der Waals surface area contributed by atoms with E-state index in [0.29, 0.717) is 26.0 Å². The van der Waals surface area contributed by atoms with Crippen LogP contribution in [0.2, 0.25) is 0 Å². The molecule has 0 aliphatic carbocycles. The third-order valence-electron chi connectivity index (χ3n) is 6.41. The zero-order valence-electron chi connectivity index (χ0n) is 24.6. The minimum Gasteiger partial charge on any atom is -0.444 e. The third kappa shape index (κ3) is 10.5. The number of hydrogen-bond donors (Lipinski definition) is 3. The van der Waals surface area contributed by atoms with Gasteiger partial charge in [-0.1, -0.05) is 58.0 Å². The van der Waals surface area contributed by atoms with Crippen molar-refractivity contribution in [1.29, 1.82) is 0 Å². The van der Waals surface area contributed by atoms with Crippen LogP contribution in [0.15, 0.2) is 30.3 Å². The summed E-state index contributed by atoms with van der Waals surface area (Å²) in [6, 6.07) is 8.09. The summed E-state index contributed by atoms with van der Waals surface area (Å²) in [5.74, 6) is -0.300. The quantitative estimate of drug-likeness (QED) is 0.351. The molecule has 0 bridgehead atoms. The van der Waals surface area contributed by atoms with Crippen molar-refractivity contribution >= 4 is 23.9 Å². The summed E-state index contributed by atoms with van der Waals surface area (Å²) in [4.78, 5) is 50.9. The van der Waals surface area contributed by atoms with E-state index in [0.717, 1.165) is 10.5 Å². The highest BCUT2D eigenvalue weighted by Crippen LogP contribution is 2.23. The summed E-state index contributed by atoms with van der Waals surface area (Å²) in [7, 11) is 0. The highest BCUT2D eigenvalue weighted by molar-refractivity contribution is 5.99. The Morgan fingerprint density at radius 1 is 1.00 bits per heavy atom. The van der Waals surface area contributed by atoms with Gasteiger partial charge < -0.3 is 25.4 Å². The van der Waals surface area contributed by atoms with Crippen LogP contribution in [-0.4, -0.2) is 59.9 Å². The lowest BCUT2D eigenvalue weighted by Gasteiger charge is -2.38. The van der Waals surface area contributed by atoms with Crippen molar-refractivity contribution in [3.63, 3.8) is 0 Å². The molecule has 10 heteroatoms. The molecule has 4 unspecified atom stereocenters. The summed E-state index contributed by atoms with van der Waals surface area (Å²) in [6.07, 6.45) is 0.389. The molecule has 0 saturated carbocycles. The number of carbonyl (C=O) groups excluding carboxylic acids is 4.